The SMILES string of the molecule is Cc1cccc(-n2c(C)nnc2SC(C)C(=O)N(C)CCOc2ccc(Cl)cc2)c1. The molecule has 2 aromatic carbocycles. The summed E-state index contributed by atoms with van der Waals surface area (Å²) in [5, 5.41) is 9.54. The number of nitrogens with zero attached hydrogens (tertiary/aromatic N) is 4. The molecule has 0 N–H and O–H groups in total. The van der Waals surface area contributed by atoms with E-state index in [4.69, 9.17) is 16.3 Å². The van der Waals surface area contributed by atoms with Crippen molar-refractivity contribution in [3.63, 3.8) is 0 Å². The average Bonchev–Trinajstić information content (AvgIpc) is 3.08. The lowest BCUT2D eigenvalue weighted by Crippen LogP contribution is -2.36. The van der Waals surface area contributed by atoms with E-state index in [-0.39, 0.29) is 11.2 Å². The van der Waals surface area contributed by atoms with Gasteiger partial charge >= 0.3 is 0 Å². The van der Waals surface area contributed by atoms with Gasteiger partial charge in [0, 0.05) is 17.8 Å². The molecule has 0 radical (unpaired) electrons. The van der Waals surface area contributed by atoms with Crippen molar-refractivity contribution in [1.29, 1.82) is 0 Å². The van der Waals surface area contributed by atoms with Gasteiger partial charge in [-0.25, -0.2) is 0 Å². The third kappa shape index (κ3) is 5.55. The van der Waals surface area contributed by atoms with Crippen molar-refractivity contribution in [1.82, 2.24) is 19.7 Å². The fourth-order valence-corrected chi connectivity index (χ4v) is 4.10. The number of aromatic nitrogens is 3. The Balaban J connectivity index is 1.59. The van der Waals surface area contributed by atoms with Crippen LogP contribution in [-0.4, -0.2) is 51.0 Å². The van der Waals surface area contributed by atoms with Gasteiger partial charge < -0.3 is 9.64 Å². The standard InChI is InChI=1S/C22H25ClN4O2S/c1-15-6-5-7-19(14-15)27-17(3)24-25-22(27)30-16(2)21(28)26(4)12-13-29-20-10-8-18(23)9-11-20/h5-11,14,16H,12-13H2,1-4H3. The average molecular weight is 445 g/mol. The van der Waals surface area contributed by atoms with Gasteiger partial charge in [-0.1, -0.05) is 35.5 Å². The highest BCUT2D eigenvalue weighted by molar-refractivity contribution is 8.00. The van der Waals surface area contributed by atoms with Crippen molar-refractivity contribution in [2.75, 3.05) is 20.2 Å². The van der Waals surface area contributed by atoms with E-state index in [0.717, 1.165) is 22.8 Å². The first-order valence-corrected chi connectivity index (χ1v) is 10.9. The first-order valence-electron chi connectivity index (χ1n) is 9.64. The Labute approximate surface area is 186 Å². The van der Waals surface area contributed by atoms with Crippen LogP contribution >= 0.6 is 23.4 Å². The van der Waals surface area contributed by atoms with E-state index < -0.39 is 0 Å². The van der Waals surface area contributed by atoms with Gasteiger partial charge in [0.25, 0.3) is 0 Å². The third-order valence-electron chi connectivity index (χ3n) is 4.57. The molecular weight excluding hydrogens is 420 g/mol. The summed E-state index contributed by atoms with van der Waals surface area (Å²) in [6, 6.07) is 15.3. The molecule has 8 heteroatoms. The number of hydrogen-bond donors (Lipinski definition) is 0. The summed E-state index contributed by atoms with van der Waals surface area (Å²) in [6.45, 7) is 6.72. The minimum atomic E-state index is -0.308. The van der Waals surface area contributed by atoms with Crippen LogP contribution in [0.2, 0.25) is 5.02 Å². The summed E-state index contributed by atoms with van der Waals surface area (Å²) in [6.07, 6.45) is 0. The van der Waals surface area contributed by atoms with E-state index >= 15 is 0 Å². The van der Waals surface area contributed by atoms with Crippen LogP contribution in [-0.2, 0) is 4.79 Å². The summed E-state index contributed by atoms with van der Waals surface area (Å²) in [5.74, 6) is 1.52. The monoisotopic (exact) mass is 444 g/mol. The number of likely N-dealkylation sites (N-methyl/N-ethyl adjacent to an activating group) is 1. The summed E-state index contributed by atoms with van der Waals surface area (Å²) in [5.41, 5.74) is 2.14. The second kappa shape index (κ2) is 10.00. The second-order valence-corrected chi connectivity index (χ2v) is 8.77. The highest BCUT2D eigenvalue weighted by Crippen LogP contribution is 2.26. The Morgan fingerprint density at radius 2 is 1.93 bits per heavy atom. The Hall–Kier alpha value is -2.51. The minimum Gasteiger partial charge on any atom is -0.492 e. The van der Waals surface area contributed by atoms with E-state index in [2.05, 4.69) is 16.3 Å². The molecule has 6 nitrogen and oxygen atoms in total. The zero-order valence-corrected chi connectivity index (χ0v) is 19.1. The van der Waals surface area contributed by atoms with Crippen LogP contribution in [0.25, 0.3) is 5.69 Å². The normalized spacial score (nSPS) is 11.9. The van der Waals surface area contributed by atoms with Gasteiger partial charge in [0.05, 0.1) is 11.8 Å². The highest BCUT2D eigenvalue weighted by Gasteiger charge is 2.22. The number of rotatable bonds is 8. The van der Waals surface area contributed by atoms with Crippen molar-refractivity contribution in [2.45, 2.75) is 31.2 Å². The number of amides is 1. The molecule has 0 spiro atoms. The number of aryl methyl sites for hydroxylation is 2. The first kappa shape index (κ1) is 22.2. The van der Waals surface area contributed by atoms with E-state index in [1.807, 2.05) is 55.7 Å². The van der Waals surface area contributed by atoms with E-state index in [1.165, 1.54) is 11.8 Å². The minimum absolute atomic E-state index is 0.0103. The largest absolute Gasteiger partial charge is 0.492 e. The van der Waals surface area contributed by atoms with Crippen molar-refractivity contribution in [3.8, 4) is 11.4 Å². The van der Waals surface area contributed by atoms with Crippen LogP contribution in [0.3, 0.4) is 0 Å². The molecule has 0 aliphatic heterocycles. The van der Waals surface area contributed by atoms with Crippen LogP contribution in [0, 0.1) is 13.8 Å². The van der Waals surface area contributed by atoms with Crippen molar-refractivity contribution in [2.24, 2.45) is 0 Å². The van der Waals surface area contributed by atoms with Crippen LogP contribution in [0.1, 0.15) is 18.3 Å². The van der Waals surface area contributed by atoms with Crippen LogP contribution in [0.5, 0.6) is 5.75 Å². The van der Waals surface area contributed by atoms with Crippen molar-refractivity contribution >= 4 is 29.3 Å². The van der Waals surface area contributed by atoms with Crippen LogP contribution < -0.4 is 4.74 Å². The highest BCUT2D eigenvalue weighted by atomic mass is 35.5. The zero-order valence-electron chi connectivity index (χ0n) is 17.5. The maximum Gasteiger partial charge on any atom is 0.235 e. The third-order valence-corrected chi connectivity index (χ3v) is 5.85. The molecule has 0 fully saturated rings. The summed E-state index contributed by atoms with van der Waals surface area (Å²) >= 11 is 7.28. The number of halogens is 1. The number of ether oxygens (including phenoxy) is 1. The lowest BCUT2D eigenvalue weighted by atomic mass is 10.2. The smallest absolute Gasteiger partial charge is 0.235 e. The van der Waals surface area contributed by atoms with Gasteiger partial charge in [-0.3, -0.25) is 9.36 Å². The molecule has 0 aliphatic rings. The quantitative estimate of drug-likeness (QED) is 0.477. The Morgan fingerprint density at radius 3 is 2.63 bits per heavy atom. The molecule has 3 rings (SSSR count). The van der Waals surface area contributed by atoms with Gasteiger partial charge in [-0.15, -0.1) is 10.2 Å². The molecule has 1 heterocycles. The molecule has 1 atom stereocenters. The van der Waals surface area contributed by atoms with E-state index in [1.54, 1.807) is 24.1 Å². The van der Waals surface area contributed by atoms with Crippen LogP contribution in [0.15, 0.2) is 53.7 Å². The Kier molecular flexibility index (Phi) is 7.39. The number of thioether (sulfide) groups is 1. The molecule has 158 valence electrons. The van der Waals surface area contributed by atoms with Crippen molar-refractivity contribution in [3.05, 3.63) is 64.9 Å². The summed E-state index contributed by atoms with van der Waals surface area (Å²) < 4.78 is 7.66. The molecule has 0 bridgehead atoms. The predicted molar refractivity (Wildman–Crippen MR) is 121 cm³/mol. The molecule has 1 amide bonds. The fourth-order valence-electron chi connectivity index (χ4n) is 2.94. The Morgan fingerprint density at radius 1 is 1.20 bits per heavy atom. The molecule has 1 unspecified atom stereocenters. The van der Waals surface area contributed by atoms with Gasteiger partial charge in [-0.05, 0) is 62.7 Å². The van der Waals surface area contributed by atoms with E-state index in [0.29, 0.717) is 23.3 Å². The van der Waals surface area contributed by atoms with Gasteiger partial charge in [-0.2, -0.15) is 0 Å². The number of hydrogen-bond acceptors (Lipinski definition) is 5. The molecule has 30 heavy (non-hydrogen) atoms. The van der Waals surface area contributed by atoms with Gasteiger partial charge in [0.15, 0.2) is 5.16 Å². The molecule has 3 aromatic rings. The first-order chi connectivity index (χ1) is 14.3. The maximum absolute atomic E-state index is 12.8. The van der Waals surface area contributed by atoms with Gasteiger partial charge in [0.1, 0.15) is 18.2 Å². The lowest BCUT2D eigenvalue weighted by Gasteiger charge is -2.21. The number of benzene rings is 2. The lowest BCUT2D eigenvalue weighted by molar-refractivity contribution is -0.129. The Bertz CT molecular complexity index is 1010. The van der Waals surface area contributed by atoms with Gasteiger partial charge in [0.2, 0.25) is 5.91 Å². The van der Waals surface area contributed by atoms with Crippen LogP contribution in [0.4, 0.5) is 0 Å². The topological polar surface area (TPSA) is 60.2 Å². The summed E-state index contributed by atoms with van der Waals surface area (Å²) in [7, 11) is 1.78. The van der Waals surface area contributed by atoms with E-state index in [9.17, 15) is 4.79 Å². The zero-order chi connectivity index (χ0) is 21.7. The maximum atomic E-state index is 12.8. The number of carbonyl (C=O) groups is 1. The van der Waals surface area contributed by atoms with Crippen molar-refractivity contribution < 1.29 is 9.53 Å². The molecule has 1 aromatic heterocycles. The predicted octanol–water partition coefficient (Wildman–Crippen LogP) is 4.56. The number of carbonyl (C=O) groups excluding carboxylic acids is 1. The second-order valence-electron chi connectivity index (χ2n) is 7.03. The molecule has 0 aliphatic carbocycles. The molecule has 0 saturated heterocycles. The molecule has 0 saturated carbocycles. The summed E-state index contributed by atoms with van der Waals surface area (Å²) in [4.78, 5) is 14.5. The fraction of sp³-hybridized carbons (Fsp3) is 0.318. The molecular formula is C22H25ClN4O2S.